The largest absolute Gasteiger partial charge is 0.338 e. The van der Waals surface area contributed by atoms with Gasteiger partial charge >= 0.3 is 6.03 Å². The molecule has 2 aromatic rings. The van der Waals surface area contributed by atoms with Gasteiger partial charge in [0.05, 0.1) is 6.33 Å². The minimum atomic E-state index is 0.0538. The topological polar surface area (TPSA) is 50.2 Å². The molecule has 3 rings (SSSR count). The summed E-state index contributed by atoms with van der Waals surface area (Å²) < 4.78 is 2.07. The minimum Gasteiger partial charge on any atom is -0.338 e. The van der Waals surface area contributed by atoms with Crippen LogP contribution in [0.5, 0.6) is 0 Å². The number of carbonyl (C=O) groups is 1. The second kappa shape index (κ2) is 8.19. The maximum absolute atomic E-state index is 12.5. The third-order valence-electron chi connectivity index (χ3n) is 5.13. The van der Waals surface area contributed by atoms with E-state index in [1.807, 2.05) is 23.5 Å². The summed E-state index contributed by atoms with van der Waals surface area (Å²) in [4.78, 5) is 18.5. The number of unbranched alkanes of at least 4 members (excludes halogenated alkanes) is 1. The molecule has 0 saturated carbocycles. The van der Waals surface area contributed by atoms with Crippen LogP contribution in [0.25, 0.3) is 0 Å². The zero-order chi connectivity index (χ0) is 17.5. The Bertz CT molecular complexity index is 656. The number of amides is 2. The highest BCUT2D eigenvalue weighted by Crippen LogP contribution is 2.33. The first kappa shape index (κ1) is 17.5. The van der Waals surface area contributed by atoms with E-state index in [1.165, 1.54) is 5.56 Å². The molecule has 0 unspecified atom stereocenters. The summed E-state index contributed by atoms with van der Waals surface area (Å²) in [5, 5.41) is 3.08. The number of rotatable bonds is 6. The Morgan fingerprint density at radius 1 is 1.28 bits per heavy atom. The standard InChI is InChI=1S/C20H28N4O/c1-20(18-8-3-2-4-9-18)10-7-14-24(16-20)19(25)22-11-5-6-13-23-15-12-21-17-23/h2-4,8-9,12,15,17H,5-7,10-11,13-14,16H2,1H3,(H,22,25)/t20-/m1/s1. The third-order valence-corrected chi connectivity index (χ3v) is 5.13. The van der Waals surface area contributed by atoms with Gasteiger partial charge in [-0.15, -0.1) is 0 Å². The summed E-state index contributed by atoms with van der Waals surface area (Å²) in [5.74, 6) is 0. The second-order valence-electron chi connectivity index (χ2n) is 7.19. The summed E-state index contributed by atoms with van der Waals surface area (Å²) >= 11 is 0. The van der Waals surface area contributed by atoms with Gasteiger partial charge in [-0.1, -0.05) is 37.3 Å². The predicted molar refractivity (Wildman–Crippen MR) is 99.5 cm³/mol. The first-order chi connectivity index (χ1) is 12.2. The van der Waals surface area contributed by atoms with Crippen molar-refractivity contribution in [2.24, 2.45) is 0 Å². The summed E-state index contributed by atoms with van der Waals surface area (Å²) in [6, 6.07) is 10.6. The van der Waals surface area contributed by atoms with Crippen molar-refractivity contribution in [2.45, 2.75) is 44.6 Å². The molecule has 2 heterocycles. The summed E-state index contributed by atoms with van der Waals surface area (Å²) in [6.07, 6.45) is 9.80. The molecule has 1 fully saturated rings. The van der Waals surface area contributed by atoms with E-state index >= 15 is 0 Å². The number of hydrogen-bond donors (Lipinski definition) is 1. The van der Waals surface area contributed by atoms with Crippen LogP contribution >= 0.6 is 0 Å². The van der Waals surface area contributed by atoms with Gasteiger partial charge in [-0.2, -0.15) is 0 Å². The van der Waals surface area contributed by atoms with Crippen molar-refractivity contribution in [2.75, 3.05) is 19.6 Å². The molecule has 1 aromatic carbocycles. The van der Waals surface area contributed by atoms with Crippen LogP contribution in [0.2, 0.25) is 0 Å². The van der Waals surface area contributed by atoms with Gasteiger partial charge in [0, 0.05) is 44.0 Å². The SMILES string of the molecule is C[C@@]1(c2ccccc2)CCCN(C(=O)NCCCCn2ccnc2)C1. The molecule has 2 amide bonds. The van der Waals surface area contributed by atoms with Crippen LogP contribution in [-0.2, 0) is 12.0 Å². The molecule has 0 radical (unpaired) electrons. The highest BCUT2D eigenvalue weighted by molar-refractivity contribution is 5.74. The summed E-state index contributed by atoms with van der Waals surface area (Å²) in [7, 11) is 0. The van der Waals surface area contributed by atoms with E-state index in [0.29, 0.717) is 0 Å². The Morgan fingerprint density at radius 3 is 2.88 bits per heavy atom. The van der Waals surface area contributed by atoms with E-state index in [1.54, 1.807) is 6.20 Å². The molecule has 25 heavy (non-hydrogen) atoms. The maximum atomic E-state index is 12.5. The molecule has 0 bridgehead atoms. The lowest BCUT2D eigenvalue weighted by molar-refractivity contribution is 0.155. The fourth-order valence-electron chi connectivity index (χ4n) is 3.63. The zero-order valence-corrected chi connectivity index (χ0v) is 15.0. The summed E-state index contributed by atoms with van der Waals surface area (Å²) in [6.45, 7) is 5.59. The Hall–Kier alpha value is -2.30. The van der Waals surface area contributed by atoms with Crippen LogP contribution in [0.15, 0.2) is 49.1 Å². The van der Waals surface area contributed by atoms with Crippen molar-refractivity contribution in [1.29, 1.82) is 0 Å². The van der Waals surface area contributed by atoms with Crippen LogP contribution in [0.1, 0.15) is 38.2 Å². The third kappa shape index (κ3) is 4.62. The molecule has 5 nitrogen and oxygen atoms in total. The monoisotopic (exact) mass is 340 g/mol. The van der Waals surface area contributed by atoms with E-state index in [2.05, 4.69) is 46.1 Å². The number of aromatic nitrogens is 2. The average Bonchev–Trinajstić information content (AvgIpc) is 3.15. The molecule has 134 valence electrons. The average molecular weight is 340 g/mol. The van der Waals surface area contributed by atoms with E-state index < -0.39 is 0 Å². The lowest BCUT2D eigenvalue weighted by atomic mass is 9.76. The van der Waals surface area contributed by atoms with Crippen molar-refractivity contribution in [3.63, 3.8) is 0 Å². The number of benzene rings is 1. The lowest BCUT2D eigenvalue weighted by Gasteiger charge is -2.41. The molecule has 1 aromatic heterocycles. The van der Waals surface area contributed by atoms with Crippen LogP contribution < -0.4 is 5.32 Å². The molecule has 1 saturated heterocycles. The molecule has 1 atom stereocenters. The normalized spacial score (nSPS) is 20.4. The molecule has 5 heteroatoms. The van der Waals surface area contributed by atoms with Gasteiger partial charge < -0.3 is 14.8 Å². The number of hydrogen-bond acceptors (Lipinski definition) is 2. The lowest BCUT2D eigenvalue weighted by Crippen LogP contribution is -2.50. The fourth-order valence-corrected chi connectivity index (χ4v) is 3.63. The maximum Gasteiger partial charge on any atom is 0.317 e. The Labute approximate surface area is 150 Å². The van der Waals surface area contributed by atoms with Crippen LogP contribution in [-0.4, -0.2) is 40.1 Å². The quantitative estimate of drug-likeness (QED) is 0.819. The Morgan fingerprint density at radius 2 is 2.12 bits per heavy atom. The number of piperidine rings is 1. The van der Waals surface area contributed by atoms with Gasteiger partial charge in [0.15, 0.2) is 0 Å². The van der Waals surface area contributed by atoms with E-state index in [4.69, 9.17) is 0 Å². The van der Waals surface area contributed by atoms with E-state index in [9.17, 15) is 4.79 Å². The first-order valence-electron chi connectivity index (χ1n) is 9.21. The Kier molecular flexibility index (Phi) is 5.74. The van der Waals surface area contributed by atoms with Gasteiger partial charge in [-0.25, -0.2) is 9.78 Å². The van der Waals surface area contributed by atoms with Crippen LogP contribution in [0.4, 0.5) is 4.79 Å². The van der Waals surface area contributed by atoms with Gasteiger partial charge in [0.2, 0.25) is 0 Å². The number of likely N-dealkylation sites (tertiary alicyclic amines) is 1. The first-order valence-corrected chi connectivity index (χ1v) is 9.21. The number of nitrogens with one attached hydrogen (secondary N) is 1. The summed E-state index contributed by atoms with van der Waals surface area (Å²) in [5.41, 5.74) is 1.38. The van der Waals surface area contributed by atoms with E-state index in [0.717, 1.165) is 51.9 Å². The van der Waals surface area contributed by atoms with Crippen molar-refractivity contribution in [3.8, 4) is 0 Å². The number of carbonyl (C=O) groups excluding carboxylic acids is 1. The molecule has 0 aliphatic carbocycles. The van der Waals surface area contributed by atoms with Crippen LogP contribution in [0.3, 0.4) is 0 Å². The number of urea groups is 1. The molecular weight excluding hydrogens is 312 g/mol. The smallest absolute Gasteiger partial charge is 0.317 e. The van der Waals surface area contributed by atoms with Gasteiger partial charge in [0.25, 0.3) is 0 Å². The van der Waals surface area contributed by atoms with Gasteiger partial charge in [-0.05, 0) is 31.2 Å². The van der Waals surface area contributed by atoms with Gasteiger partial charge in [-0.3, -0.25) is 0 Å². The van der Waals surface area contributed by atoms with E-state index in [-0.39, 0.29) is 11.4 Å². The number of imidazole rings is 1. The predicted octanol–water partition coefficient (Wildman–Crippen LogP) is 3.43. The highest BCUT2D eigenvalue weighted by atomic mass is 16.2. The molecule has 1 aliphatic rings. The number of nitrogens with zero attached hydrogens (tertiary/aromatic N) is 3. The number of aryl methyl sites for hydroxylation is 1. The zero-order valence-electron chi connectivity index (χ0n) is 15.0. The second-order valence-corrected chi connectivity index (χ2v) is 7.19. The van der Waals surface area contributed by atoms with Crippen molar-refractivity contribution in [1.82, 2.24) is 19.8 Å². The highest BCUT2D eigenvalue weighted by Gasteiger charge is 2.34. The van der Waals surface area contributed by atoms with Crippen molar-refractivity contribution >= 4 is 6.03 Å². The van der Waals surface area contributed by atoms with Crippen molar-refractivity contribution < 1.29 is 4.79 Å². The molecule has 0 spiro atoms. The Balaban J connectivity index is 1.44. The van der Waals surface area contributed by atoms with Crippen LogP contribution in [0, 0.1) is 0 Å². The molecule has 1 aliphatic heterocycles. The van der Waals surface area contributed by atoms with Crippen molar-refractivity contribution in [3.05, 3.63) is 54.6 Å². The molecule has 1 N–H and O–H groups in total. The van der Waals surface area contributed by atoms with Gasteiger partial charge in [0.1, 0.15) is 0 Å². The minimum absolute atomic E-state index is 0.0538. The molecular formula is C20H28N4O. The fraction of sp³-hybridized carbons (Fsp3) is 0.500.